The van der Waals surface area contributed by atoms with Crippen molar-refractivity contribution >= 4 is 0 Å². The molecule has 1 aliphatic carbocycles. The summed E-state index contributed by atoms with van der Waals surface area (Å²) in [7, 11) is 0. The Hall–Kier alpha value is -0.980. The van der Waals surface area contributed by atoms with Crippen LogP contribution in [0.1, 0.15) is 34.6 Å². The van der Waals surface area contributed by atoms with Gasteiger partial charge in [-0.2, -0.15) is 0 Å². The molecule has 0 aromatic heterocycles. The van der Waals surface area contributed by atoms with Crippen LogP contribution in [-0.2, 0) is 4.74 Å². The molecule has 13 heavy (non-hydrogen) atoms. The van der Waals surface area contributed by atoms with Gasteiger partial charge in [0.1, 0.15) is 11.9 Å². The summed E-state index contributed by atoms with van der Waals surface area (Å²) >= 11 is 0. The molecule has 0 aromatic carbocycles. The molecule has 1 aliphatic heterocycles. The Bertz CT molecular complexity index is 367. The lowest BCUT2D eigenvalue weighted by Crippen LogP contribution is -2.03. The van der Waals surface area contributed by atoms with Gasteiger partial charge in [-0.05, 0) is 51.3 Å². The minimum Gasteiger partial charge on any atom is -0.490 e. The maximum absolute atomic E-state index is 5.70. The van der Waals surface area contributed by atoms with Crippen molar-refractivity contribution in [3.05, 3.63) is 33.6 Å². The molecule has 1 atom stereocenters. The van der Waals surface area contributed by atoms with Gasteiger partial charge in [0.15, 0.2) is 0 Å². The first-order valence-corrected chi connectivity index (χ1v) is 4.81. The molecule has 2 aliphatic rings. The second-order valence-electron chi connectivity index (χ2n) is 3.98. The van der Waals surface area contributed by atoms with Crippen LogP contribution >= 0.6 is 0 Å². The Labute approximate surface area is 79.8 Å². The fourth-order valence-electron chi connectivity index (χ4n) is 2.41. The van der Waals surface area contributed by atoms with Crippen molar-refractivity contribution in [1.29, 1.82) is 0 Å². The third-order valence-corrected chi connectivity index (χ3v) is 3.29. The van der Waals surface area contributed by atoms with Crippen LogP contribution < -0.4 is 0 Å². The van der Waals surface area contributed by atoms with Crippen LogP contribution in [-0.4, -0.2) is 6.10 Å². The summed E-state index contributed by atoms with van der Waals surface area (Å²) in [6, 6.07) is 0. The van der Waals surface area contributed by atoms with Crippen molar-refractivity contribution in [3.8, 4) is 0 Å². The SMILES string of the molecule is CC1=C2C(C)=C(C)C(C)=C2C(C)O1. The summed E-state index contributed by atoms with van der Waals surface area (Å²) in [4.78, 5) is 0. The zero-order valence-electron chi connectivity index (χ0n) is 8.99. The van der Waals surface area contributed by atoms with E-state index in [2.05, 4.69) is 34.6 Å². The van der Waals surface area contributed by atoms with E-state index in [0.29, 0.717) is 0 Å². The van der Waals surface area contributed by atoms with Gasteiger partial charge in [0, 0.05) is 11.1 Å². The maximum atomic E-state index is 5.70. The standard InChI is InChI=1S/C12H16O/c1-6-7(2)11-9(4)13-10(5)12(11)8(6)3/h9H,1-5H3. The first kappa shape index (κ1) is 8.61. The summed E-state index contributed by atoms with van der Waals surface area (Å²) < 4.78 is 5.70. The molecule has 1 heterocycles. The normalized spacial score (nSPS) is 27.3. The molecule has 0 radical (unpaired) electrons. The minimum atomic E-state index is 0.252. The average Bonchev–Trinajstić information content (AvgIpc) is 2.47. The smallest absolute Gasteiger partial charge is 0.121 e. The van der Waals surface area contributed by atoms with Crippen LogP contribution in [0.25, 0.3) is 0 Å². The number of rotatable bonds is 0. The molecule has 2 rings (SSSR count). The van der Waals surface area contributed by atoms with Crippen LogP contribution in [0.3, 0.4) is 0 Å². The molecule has 0 N–H and O–H groups in total. The molecule has 0 aromatic rings. The van der Waals surface area contributed by atoms with E-state index < -0.39 is 0 Å². The van der Waals surface area contributed by atoms with E-state index in [1.807, 2.05) is 0 Å². The van der Waals surface area contributed by atoms with E-state index in [1.54, 1.807) is 0 Å². The lowest BCUT2D eigenvalue weighted by Gasteiger charge is -2.08. The van der Waals surface area contributed by atoms with Crippen LogP contribution in [0.15, 0.2) is 33.6 Å². The number of hydrogen-bond acceptors (Lipinski definition) is 1. The van der Waals surface area contributed by atoms with Gasteiger partial charge in [-0.3, -0.25) is 0 Å². The molecular formula is C12H16O. The van der Waals surface area contributed by atoms with Crippen molar-refractivity contribution in [3.63, 3.8) is 0 Å². The van der Waals surface area contributed by atoms with E-state index in [4.69, 9.17) is 4.74 Å². The van der Waals surface area contributed by atoms with Gasteiger partial charge in [0.2, 0.25) is 0 Å². The molecule has 1 nitrogen and oxygen atoms in total. The monoisotopic (exact) mass is 176 g/mol. The van der Waals surface area contributed by atoms with Gasteiger partial charge in [-0.25, -0.2) is 0 Å². The lowest BCUT2D eigenvalue weighted by molar-refractivity contribution is 0.183. The molecule has 0 saturated heterocycles. The molecule has 1 unspecified atom stereocenters. The molecule has 0 fully saturated rings. The summed E-state index contributed by atoms with van der Waals surface area (Å²) in [6.07, 6.45) is 0.252. The van der Waals surface area contributed by atoms with Crippen LogP contribution in [0.2, 0.25) is 0 Å². The van der Waals surface area contributed by atoms with Gasteiger partial charge in [-0.1, -0.05) is 0 Å². The first-order valence-electron chi connectivity index (χ1n) is 4.81. The van der Waals surface area contributed by atoms with E-state index >= 15 is 0 Å². The average molecular weight is 176 g/mol. The highest BCUT2D eigenvalue weighted by Crippen LogP contribution is 2.45. The number of ether oxygens (including phenoxy) is 1. The second kappa shape index (κ2) is 2.50. The predicted octanol–water partition coefficient (Wildman–Crippen LogP) is 3.35. The van der Waals surface area contributed by atoms with Crippen molar-refractivity contribution in [2.75, 3.05) is 0 Å². The minimum absolute atomic E-state index is 0.252. The van der Waals surface area contributed by atoms with E-state index in [9.17, 15) is 0 Å². The van der Waals surface area contributed by atoms with E-state index in [-0.39, 0.29) is 6.10 Å². The fourth-order valence-corrected chi connectivity index (χ4v) is 2.41. The molecule has 0 bridgehead atoms. The van der Waals surface area contributed by atoms with Gasteiger partial charge >= 0.3 is 0 Å². The quantitative estimate of drug-likeness (QED) is 0.550. The molecule has 70 valence electrons. The van der Waals surface area contributed by atoms with Crippen LogP contribution in [0.4, 0.5) is 0 Å². The van der Waals surface area contributed by atoms with Crippen molar-refractivity contribution in [2.24, 2.45) is 0 Å². The highest BCUT2D eigenvalue weighted by atomic mass is 16.5. The molecular weight excluding hydrogens is 160 g/mol. The molecule has 1 heteroatoms. The second-order valence-corrected chi connectivity index (χ2v) is 3.98. The highest BCUT2D eigenvalue weighted by molar-refractivity contribution is 5.65. The third kappa shape index (κ3) is 0.932. The van der Waals surface area contributed by atoms with Crippen molar-refractivity contribution in [1.82, 2.24) is 0 Å². The van der Waals surface area contributed by atoms with Gasteiger partial charge in [-0.15, -0.1) is 0 Å². The molecule has 0 amide bonds. The molecule has 0 saturated carbocycles. The van der Waals surface area contributed by atoms with Gasteiger partial charge in [0.05, 0.1) is 0 Å². The third-order valence-electron chi connectivity index (χ3n) is 3.29. The van der Waals surface area contributed by atoms with Crippen LogP contribution in [0, 0.1) is 0 Å². The summed E-state index contributed by atoms with van der Waals surface area (Å²) in [6.45, 7) is 10.8. The Morgan fingerprint density at radius 2 is 1.54 bits per heavy atom. The van der Waals surface area contributed by atoms with Crippen molar-refractivity contribution < 1.29 is 4.74 Å². The van der Waals surface area contributed by atoms with Crippen molar-refractivity contribution in [2.45, 2.75) is 40.7 Å². The maximum Gasteiger partial charge on any atom is 0.121 e. The number of hydrogen-bond donors (Lipinski definition) is 0. The highest BCUT2D eigenvalue weighted by Gasteiger charge is 2.33. The zero-order chi connectivity index (χ0) is 9.75. The van der Waals surface area contributed by atoms with Crippen LogP contribution in [0.5, 0.6) is 0 Å². The van der Waals surface area contributed by atoms with E-state index in [1.165, 1.54) is 27.9 Å². The largest absolute Gasteiger partial charge is 0.490 e. The summed E-state index contributed by atoms with van der Waals surface area (Å²) in [5, 5.41) is 0. The Morgan fingerprint density at radius 3 is 2.08 bits per heavy atom. The first-order chi connectivity index (χ1) is 6.04. The van der Waals surface area contributed by atoms with Gasteiger partial charge < -0.3 is 4.74 Å². The topological polar surface area (TPSA) is 9.23 Å². The fraction of sp³-hybridized carbons (Fsp3) is 0.500. The molecule has 0 spiro atoms. The Morgan fingerprint density at radius 1 is 0.923 bits per heavy atom. The summed E-state index contributed by atoms with van der Waals surface area (Å²) in [5.74, 6) is 1.09. The summed E-state index contributed by atoms with van der Waals surface area (Å²) in [5.41, 5.74) is 7.01. The zero-order valence-corrected chi connectivity index (χ0v) is 8.99. The Kier molecular flexibility index (Phi) is 1.66. The number of fused-ring (bicyclic) bond motifs is 1. The Balaban J connectivity index is 2.65. The number of allylic oxidation sites excluding steroid dienone is 4. The predicted molar refractivity (Wildman–Crippen MR) is 54.3 cm³/mol. The lowest BCUT2D eigenvalue weighted by atomic mass is 10.0. The van der Waals surface area contributed by atoms with E-state index in [0.717, 1.165) is 5.76 Å². The van der Waals surface area contributed by atoms with Gasteiger partial charge in [0.25, 0.3) is 0 Å².